The first-order chi connectivity index (χ1) is 11.9. The number of nitrogens with one attached hydrogen (secondary N) is 1. The molecular formula is C15H20N4O4S2. The van der Waals surface area contributed by atoms with Gasteiger partial charge >= 0.3 is 0 Å². The number of benzene rings is 1. The highest BCUT2D eigenvalue weighted by atomic mass is 32.2. The molecule has 8 nitrogen and oxygen atoms in total. The van der Waals surface area contributed by atoms with Gasteiger partial charge < -0.3 is 14.6 Å². The van der Waals surface area contributed by atoms with E-state index < -0.39 is 10.0 Å². The minimum absolute atomic E-state index is 0.0174. The maximum Gasteiger partial charge on any atom is 0.233 e. The third-order valence-corrected chi connectivity index (χ3v) is 6.22. The molecule has 0 radical (unpaired) electrons. The number of fused-ring (bicyclic) bond motifs is 1. The van der Waals surface area contributed by atoms with Gasteiger partial charge in [0.25, 0.3) is 0 Å². The summed E-state index contributed by atoms with van der Waals surface area (Å²) in [6.07, 6.45) is 1.19. The van der Waals surface area contributed by atoms with Gasteiger partial charge in [-0.25, -0.2) is 13.4 Å². The average molecular weight is 384 g/mol. The van der Waals surface area contributed by atoms with Crippen molar-refractivity contribution in [3.63, 3.8) is 0 Å². The highest BCUT2D eigenvalue weighted by Gasteiger charge is 2.26. The third-order valence-electron chi connectivity index (χ3n) is 4.06. The molecule has 0 unspecified atom stereocenters. The summed E-state index contributed by atoms with van der Waals surface area (Å²) in [6.45, 7) is 1.53. The lowest BCUT2D eigenvalue weighted by molar-refractivity contribution is -0.129. The second-order valence-electron chi connectivity index (χ2n) is 5.76. The Bertz CT molecular complexity index is 873. The fourth-order valence-corrected chi connectivity index (χ4v) is 4.27. The van der Waals surface area contributed by atoms with E-state index in [9.17, 15) is 13.2 Å². The quantitative estimate of drug-likeness (QED) is 0.765. The number of imidazole rings is 1. The lowest BCUT2D eigenvalue weighted by atomic mass is 10.3. The molecule has 1 aliphatic heterocycles. The van der Waals surface area contributed by atoms with E-state index in [2.05, 4.69) is 9.97 Å². The number of hydrogen-bond donors (Lipinski definition) is 1. The van der Waals surface area contributed by atoms with Gasteiger partial charge in [-0.05, 0) is 12.1 Å². The van der Waals surface area contributed by atoms with Gasteiger partial charge in [-0.1, -0.05) is 11.8 Å². The average Bonchev–Trinajstić information content (AvgIpc) is 3.00. The molecule has 0 bridgehead atoms. The summed E-state index contributed by atoms with van der Waals surface area (Å²) in [4.78, 5) is 21.6. The first kappa shape index (κ1) is 18.0. The summed E-state index contributed by atoms with van der Waals surface area (Å²) in [7, 11) is -1.58. The van der Waals surface area contributed by atoms with Crippen LogP contribution in [0.1, 0.15) is 0 Å². The van der Waals surface area contributed by atoms with Crippen LogP contribution in [0.15, 0.2) is 23.4 Å². The van der Waals surface area contributed by atoms with Crippen molar-refractivity contribution in [2.45, 2.75) is 5.16 Å². The Hall–Kier alpha value is -1.78. The number of sulfonamides is 1. The largest absolute Gasteiger partial charge is 0.497 e. The molecular weight excluding hydrogens is 364 g/mol. The van der Waals surface area contributed by atoms with E-state index in [1.54, 1.807) is 12.0 Å². The lowest BCUT2D eigenvalue weighted by Crippen LogP contribution is -2.50. The molecule has 2 heterocycles. The van der Waals surface area contributed by atoms with E-state index in [4.69, 9.17) is 4.74 Å². The van der Waals surface area contributed by atoms with Crippen LogP contribution in [-0.2, 0) is 14.8 Å². The lowest BCUT2D eigenvalue weighted by Gasteiger charge is -2.33. The first-order valence-corrected chi connectivity index (χ1v) is 10.6. The van der Waals surface area contributed by atoms with Crippen molar-refractivity contribution in [3.05, 3.63) is 18.2 Å². The van der Waals surface area contributed by atoms with Crippen LogP contribution >= 0.6 is 11.8 Å². The Morgan fingerprint density at radius 2 is 2.04 bits per heavy atom. The van der Waals surface area contributed by atoms with Gasteiger partial charge in [0, 0.05) is 32.2 Å². The molecule has 3 rings (SSSR count). The number of hydrogen-bond acceptors (Lipinski definition) is 6. The Morgan fingerprint density at radius 1 is 1.32 bits per heavy atom. The number of amides is 1. The zero-order chi connectivity index (χ0) is 18.0. The Morgan fingerprint density at radius 3 is 2.68 bits per heavy atom. The summed E-state index contributed by atoms with van der Waals surface area (Å²) in [5, 5.41) is 0.673. The van der Waals surface area contributed by atoms with Crippen LogP contribution in [-0.4, -0.2) is 78.8 Å². The number of aromatic amines is 1. The van der Waals surface area contributed by atoms with E-state index in [1.807, 2.05) is 18.2 Å². The summed E-state index contributed by atoms with van der Waals surface area (Å²) in [5.74, 6) is 0.985. The van der Waals surface area contributed by atoms with Crippen molar-refractivity contribution >= 4 is 38.7 Å². The Balaban J connectivity index is 1.56. The molecule has 0 aliphatic carbocycles. The van der Waals surface area contributed by atoms with Crippen molar-refractivity contribution in [2.24, 2.45) is 0 Å². The molecule has 1 amide bonds. The molecule has 1 N–H and O–H groups in total. The number of carbonyl (C=O) groups is 1. The molecule has 1 aliphatic rings. The van der Waals surface area contributed by atoms with Crippen molar-refractivity contribution < 1.29 is 17.9 Å². The topological polar surface area (TPSA) is 95.6 Å². The summed E-state index contributed by atoms with van der Waals surface area (Å²) < 4.78 is 29.6. The predicted molar refractivity (Wildman–Crippen MR) is 96.4 cm³/mol. The Kier molecular flexibility index (Phi) is 5.21. The van der Waals surface area contributed by atoms with Gasteiger partial charge in [-0.15, -0.1) is 0 Å². The summed E-state index contributed by atoms with van der Waals surface area (Å²) in [6, 6.07) is 5.56. The number of rotatable bonds is 5. The number of carbonyl (C=O) groups excluding carboxylic acids is 1. The van der Waals surface area contributed by atoms with Crippen LogP contribution in [0.25, 0.3) is 11.0 Å². The minimum atomic E-state index is -3.19. The number of thioether (sulfide) groups is 1. The van der Waals surface area contributed by atoms with Crippen LogP contribution in [0.2, 0.25) is 0 Å². The molecule has 1 saturated heterocycles. The number of piperazine rings is 1. The van der Waals surface area contributed by atoms with E-state index in [-0.39, 0.29) is 11.7 Å². The predicted octanol–water partition coefficient (Wildman–Crippen LogP) is 0.767. The van der Waals surface area contributed by atoms with Gasteiger partial charge in [0.15, 0.2) is 5.16 Å². The van der Waals surface area contributed by atoms with Crippen molar-refractivity contribution in [1.82, 2.24) is 19.2 Å². The highest BCUT2D eigenvalue weighted by Crippen LogP contribution is 2.23. The van der Waals surface area contributed by atoms with Crippen LogP contribution in [0.4, 0.5) is 0 Å². The number of methoxy groups -OCH3 is 1. The molecule has 0 atom stereocenters. The molecule has 10 heteroatoms. The second-order valence-corrected chi connectivity index (χ2v) is 8.70. The summed E-state index contributed by atoms with van der Waals surface area (Å²) >= 11 is 1.34. The van der Waals surface area contributed by atoms with Crippen LogP contribution in [0.5, 0.6) is 5.75 Å². The number of aromatic nitrogens is 2. The molecule has 136 valence electrons. The molecule has 1 fully saturated rings. The van der Waals surface area contributed by atoms with Crippen molar-refractivity contribution in [2.75, 3.05) is 45.3 Å². The molecule has 25 heavy (non-hydrogen) atoms. The number of H-pyrrole nitrogens is 1. The second kappa shape index (κ2) is 7.22. The van der Waals surface area contributed by atoms with Crippen LogP contribution in [0.3, 0.4) is 0 Å². The monoisotopic (exact) mass is 384 g/mol. The number of nitrogens with zero attached hydrogens (tertiary/aromatic N) is 3. The fourth-order valence-electron chi connectivity index (χ4n) is 2.65. The van der Waals surface area contributed by atoms with E-state index >= 15 is 0 Å². The fraction of sp³-hybridized carbons (Fsp3) is 0.467. The van der Waals surface area contributed by atoms with E-state index in [0.717, 1.165) is 16.8 Å². The smallest absolute Gasteiger partial charge is 0.233 e. The van der Waals surface area contributed by atoms with E-state index in [0.29, 0.717) is 31.3 Å². The van der Waals surface area contributed by atoms with Crippen LogP contribution < -0.4 is 4.74 Å². The third kappa shape index (κ3) is 4.25. The van der Waals surface area contributed by atoms with Gasteiger partial charge in [0.1, 0.15) is 5.75 Å². The zero-order valence-electron chi connectivity index (χ0n) is 14.1. The Labute approximate surface area is 150 Å². The molecule has 2 aromatic rings. The maximum absolute atomic E-state index is 12.3. The van der Waals surface area contributed by atoms with Crippen molar-refractivity contribution in [1.29, 1.82) is 0 Å². The van der Waals surface area contributed by atoms with Crippen LogP contribution in [0, 0.1) is 0 Å². The zero-order valence-corrected chi connectivity index (χ0v) is 15.7. The molecule has 0 spiro atoms. The van der Waals surface area contributed by atoms with E-state index in [1.165, 1.54) is 22.3 Å². The van der Waals surface area contributed by atoms with Crippen molar-refractivity contribution in [3.8, 4) is 5.75 Å². The van der Waals surface area contributed by atoms with Gasteiger partial charge in [0.2, 0.25) is 15.9 Å². The molecule has 0 saturated carbocycles. The molecule has 1 aromatic heterocycles. The van der Waals surface area contributed by atoms with Gasteiger partial charge in [-0.2, -0.15) is 4.31 Å². The minimum Gasteiger partial charge on any atom is -0.497 e. The normalized spacial score (nSPS) is 16.3. The van der Waals surface area contributed by atoms with Gasteiger partial charge in [0.05, 0.1) is 30.2 Å². The number of ether oxygens (including phenoxy) is 1. The summed E-state index contributed by atoms with van der Waals surface area (Å²) in [5.41, 5.74) is 1.67. The van der Waals surface area contributed by atoms with Gasteiger partial charge in [-0.3, -0.25) is 4.79 Å². The first-order valence-electron chi connectivity index (χ1n) is 7.76. The highest BCUT2D eigenvalue weighted by molar-refractivity contribution is 7.99. The molecule has 1 aromatic carbocycles. The maximum atomic E-state index is 12.3. The SMILES string of the molecule is COc1ccc2nc(SCC(=O)N3CCN(S(C)(=O)=O)CC3)[nH]c2c1. The standard InChI is InChI=1S/C15H20N4O4S2/c1-23-11-3-4-12-13(9-11)17-15(16-12)24-10-14(20)18-5-7-19(8-6-18)25(2,21)22/h3-4,9H,5-8,10H2,1-2H3,(H,16,17).